The maximum Gasteiger partial charge on any atom is 0.243 e. The third-order valence-corrected chi connectivity index (χ3v) is 6.56. The zero-order chi connectivity index (χ0) is 21.2. The van der Waals surface area contributed by atoms with Crippen molar-refractivity contribution in [3.8, 4) is 11.3 Å². The summed E-state index contributed by atoms with van der Waals surface area (Å²) in [7, 11) is -2.28. The van der Waals surface area contributed by atoms with Crippen LogP contribution in [0.15, 0.2) is 59.5 Å². The van der Waals surface area contributed by atoms with Gasteiger partial charge in [0.25, 0.3) is 0 Å². The minimum Gasteiger partial charge on any atom is -0.338 e. The van der Waals surface area contributed by atoms with Gasteiger partial charge in [-0.05, 0) is 42.3 Å². The Morgan fingerprint density at radius 2 is 1.69 bits per heavy atom. The molecule has 3 aromatic rings. The highest BCUT2D eigenvalue weighted by molar-refractivity contribution is 7.89. The number of sulfonamides is 1. The Kier molecular flexibility index (Phi) is 5.95. The van der Waals surface area contributed by atoms with Crippen molar-refractivity contribution in [1.82, 2.24) is 14.3 Å². The number of H-pyrrole nitrogens is 1. The summed E-state index contributed by atoms with van der Waals surface area (Å²) in [5.74, 6) is -0.181. The average molecular weight is 415 g/mol. The Morgan fingerprint density at radius 3 is 2.24 bits per heavy atom. The quantitative estimate of drug-likeness (QED) is 0.590. The van der Waals surface area contributed by atoms with Gasteiger partial charge in [0.1, 0.15) is 17.3 Å². The fourth-order valence-corrected chi connectivity index (χ4v) is 4.75. The van der Waals surface area contributed by atoms with Gasteiger partial charge in [-0.3, -0.25) is 4.79 Å². The van der Waals surface area contributed by atoms with Crippen LogP contribution < -0.4 is 0 Å². The zero-order valence-corrected chi connectivity index (χ0v) is 17.2. The van der Waals surface area contributed by atoms with E-state index < -0.39 is 21.9 Å². The Labute approximate surface area is 169 Å². The molecule has 0 aliphatic rings. The van der Waals surface area contributed by atoms with Gasteiger partial charge in [0.15, 0.2) is 6.29 Å². The number of nitrogens with one attached hydrogen (secondary N) is 1. The summed E-state index contributed by atoms with van der Waals surface area (Å²) in [5, 5.41) is 0. The maximum absolute atomic E-state index is 13.3. The molecule has 8 heteroatoms. The largest absolute Gasteiger partial charge is 0.338 e. The molecule has 29 heavy (non-hydrogen) atoms. The van der Waals surface area contributed by atoms with Crippen LogP contribution in [-0.4, -0.2) is 36.0 Å². The first-order valence-corrected chi connectivity index (χ1v) is 10.5. The summed E-state index contributed by atoms with van der Waals surface area (Å²) in [4.78, 5) is 19.2. The summed E-state index contributed by atoms with van der Waals surface area (Å²) in [5.41, 5.74) is 1.13. The third-order valence-electron chi connectivity index (χ3n) is 4.71. The van der Waals surface area contributed by atoms with Crippen LogP contribution >= 0.6 is 0 Å². The number of aromatic nitrogens is 2. The number of aldehydes is 1. The van der Waals surface area contributed by atoms with Crippen LogP contribution in [0.5, 0.6) is 0 Å². The number of halogens is 1. The molecule has 0 spiro atoms. The van der Waals surface area contributed by atoms with E-state index in [4.69, 9.17) is 0 Å². The van der Waals surface area contributed by atoms with Crippen molar-refractivity contribution >= 4 is 16.3 Å². The summed E-state index contributed by atoms with van der Waals surface area (Å²) in [6.07, 6.45) is 0.623. The molecule has 0 bridgehead atoms. The average Bonchev–Trinajstić information content (AvgIpc) is 3.12. The van der Waals surface area contributed by atoms with Gasteiger partial charge < -0.3 is 4.98 Å². The van der Waals surface area contributed by atoms with Crippen LogP contribution in [0.2, 0.25) is 0 Å². The Hall–Kier alpha value is -2.84. The molecule has 3 rings (SSSR count). The fourth-order valence-electron chi connectivity index (χ4n) is 3.28. The lowest BCUT2D eigenvalue weighted by molar-refractivity contribution is 0.111. The molecule has 1 N–H and O–H groups in total. The SMILES string of the molecule is CC(C)C(c1nc(-c2ccc(F)cc2)c(C=O)[nH]1)N(C)S(=O)(=O)c1ccccc1. The van der Waals surface area contributed by atoms with Gasteiger partial charge in [-0.25, -0.2) is 17.8 Å². The molecule has 0 saturated heterocycles. The molecule has 6 nitrogen and oxygen atoms in total. The van der Waals surface area contributed by atoms with Crippen LogP contribution in [0.25, 0.3) is 11.3 Å². The van der Waals surface area contributed by atoms with Crippen LogP contribution in [0, 0.1) is 11.7 Å². The smallest absolute Gasteiger partial charge is 0.243 e. The maximum atomic E-state index is 13.3. The van der Waals surface area contributed by atoms with Gasteiger partial charge in [-0.1, -0.05) is 32.0 Å². The lowest BCUT2D eigenvalue weighted by atomic mass is 10.0. The standard InChI is InChI=1S/C21H22FN3O3S/c1-14(2)20(25(3)29(27,28)17-7-5-4-6-8-17)21-23-18(13-26)19(24-21)15-9-11-16(22)12-10-15/h4-14,20H,1-3H3,(H,23,24). The van der Waals surface area contributed by atoms with Crippen LogP contribution in [-0.2, 0) is 10.0 Å². The van der Waals surface area contributed by atoms with Gasteiger partial charge in [0, 0.05) is 12.6 Å². The predicted octanol–water partition coefficient (Wildman–Crippen LogP) is 4.05. The molecule has 0 amide bonds. The number of aromatic amines is 1. The Balaban J connectivity index is 2.06. The van der Waals surface area contributed by atoms with E-state index in [2.05, 4.69) is 9.97 Å². The lowest BCUT2D eigenvalue weighted by Gasteiger charge is -2.29. The van der Waals surface area contributed by atoms with E-state index in [-0.39, 0.29) is 16.5 Å². The molecule has 1 atom stereocenters. The van der Waals surface area contributed by atoms with E-state index in [1.165, 1.54) is 47.8 Å². The second kappa shape index (κ2) is 8.26. The van der Waals surface area contributed by atoms with Crippen LogP contribution in [0.3, 0.4) is 0 Å². The highest BCUT2D eigenvalue weighted by atomic mass is 32.2. The molecule has 1 unspecified atom stereocenters. The van der Waals surface area contributed by atoms with Gasteiger partial charge in [0.2, 0.25) is 10.0 Å². The number of hydrogen-bond donors (Lipinski definition) is 1. The van der Waals surface area contributed by atoms with Crippen molar-refractivity contribution in [3.63, 3.8) is 0 Å². The van der Waals surface area contributed by atoms with Gasteiger partial charge in [0.05, 0.1) is 16.6 Å². The van der Waals surface area contributed by atoms with Crippen molar-refractivity contribution in [2.24, 2.45) is 5.92 Å². The summed E-state index contributed by atoms with van der Waals surface area (Å²) in [6.45, 7) is 3.75. The van der Waals surface area contributed by atoms with Gasteiger partial charge >= 0.3 is 0 Å². The van der Waals surface area contributed by atoms with E-state index in [0.29, 0.717) is 23.4 Å². The number of hydrogen-bond acceptors (Lipinski definition) is 4. The number of benzene rings is 2. The van der Waals surface area contributed by atoms with Crippen LogP contribution in [0.4, 0.5) is 4.39 Å². The molecule has 0 aliphatic heterocycles. The van der Waals surface area contributed by atoms with E-state index in [1.807, 2.05) is 13.8 Å². The molecule has 1 aromatic heterocycles. The lowest BCUT2D eigenvalue weighted by Crippen LogP contribution is -2.34. The molecule has 152 valence electrons. The fraction of sp³-hybridized carbons (Fsp3) is 0.238. The number of nitrogens with zero attached hydrogens (tertiary/aromatic N) is 2. The molecule has 0 aliphatic carbocycles. The van der Waals surface area contributed by atoms with Gasteiger partial charge in [-0.15, -0.1) is 0 Å². The minimum atomic E-state index is -3.78. The molecule has 1 heterocycles. The Morgan fingerprint density at radius 1 is 1.07 bits per heavy atom. The normalized spacial score (nSPS) is 13.0. The number of imidazole rings is 1. The van der Waals surface area contributed by atoms with E-state index in [9.17, 15) is 17.6 Å². The topological polar surface area (TPSA) is 83.1 Å². The molecule has 0 radical (unpaired) electrons. The molecule has 0 saturated carbocycles. The first-order valence-electron chi connectivity index (χ1n) is 9.09. The van der Waals surface area contributed by atoms with Crippen molar-refractivity contribution in [1.29, 1.82) is 0 Å². The highest BCUT2D eigenvalue weighted by Crippen LogP contribution is 2.33. The Bertz CT molecular complexity index is 1090. The van der Waals surface area contributed by atoms with E-state index in [1.54, 1.807) is 18.2 Å². The monoisotopic (exact) mass is 415 g/mol. The van der Waals surface area contributed by atoms with E-state index in [0.717, 1.165) is 0 Å². The van der Waals surface area contributed by atoms with Crippen molar-refractivity contribution in [3.05, 3.63) is 71.9 Å². The van der Waals surface area contributed by atoms with Crippen molar-refractivity contribution < 1.29 is 17.6 Å². The summed E-state index contributed by atoms with van der Waals surface area (Å²) in [6, 6.07) is 13.1. The predicted molar refractivity (Wildman–Crippen MR) is 108 cm³/mol. The first-order chi connectivity index (χ1) is 13.8. The molecular weight excluding hydrogens is 393 g/mol. The first kappa shape index (κ1) is 20.9. The second-order valence-corrected chi connectivity index (χ2v) is 9.03. The minimum absolute atomic E-state index is 0.134. The number of carbonyl (C=O) groups is 1. The second-order valence-electron chi connectivity index (χ2n) is 7.03. The molecule has 2 aromatic carbocycles. The highest BCUT2D eigenvalue weighted by Gasteiger charge is 2.33. The van der Waals surface area contributed by atoms with Crippen molar-refractivity contribution in [2.75, 3.05) is 7.05 Å². The van der Waals surface area contributed by atoms with E-state index >= 15 is 0 Å². The molecular formula is C21H22FN3O3S. The zero-order valence-electron chi connectivity index (χ0n) is 16.3. The number of carbonyl (C=O) groups excluding carboxylic acids is 1. The summed E-state index contributed by atoms with van der Waals surface area (Å²) < 4.78 is 40.7. The van der Waals surface area contributed by atoms with Crippen LogP contribution in [0.1, 0.15) is 36.2 Å². The van der Waals surface area contributed by atoms with Gasteiger partial charge in [-0.2, -0.15) is 4.31 Å². The third kappa shape index (κ3) is 4.13. The van der Waals surface area contributed by atoms with Crippen molar-refractivity contribution in [2.45, 2.75) is 24.8 Å². The molecule has 0 fully saturated rings. The number of rotatable bonds is 7. The summed E-state index contributed by atoms with van der Waals surface area (Å²) >= 11 is 0.